The van der Waals surface area contributed by atoms with Crippen LogP contribution in [0.4, 0.5) is 5.69 Å². The van der Waals surface area contributed by atoms with Crippen LogP contribution in [0, 0.1) is 19.8 Å². The Morgan fingerprint density at radius 1 is 0.900 bits per heavy atom. The van der Waals surface area contributed by atoms with Crippen molar-refractivity contribution in [2.45, 2.75) is 52.1 Å². The van der Waals surface area contributed by atoms with Crippen molar-refractivity contribution in [2.75, 3.05) is 24.5 Å². The number of sulfonamides is 1. The molecule has 0 radical (unpaired) electrons. The van der Waals surface area contributed by atoms with Crippen molar-refractivity contribution in [3.8, 4) is 5.75 Å². The van der Waals surface area contributed by atoms with Gasteiger partial charge < -0.3 is 15.0 Å². The maximum absolute atomic E-state index is 14.0. The first-order chi connectivity index (χ1) is 18.9. The van der Waals surface area contributed by atoms with E-state index in [4.69, 9.17) is 4.74 Å². The number of nitrogens with zero attached hydrogens (tertiary/aromatic N) is 2. The smallest absolute Gasteiger partial charge is 0.264 e. The van der Waals surface area contributed by atoms with Gasteiger partial charge in [-0.3, -0.25) is 13.9 Å². The summed E-state index contributed by atoms with van der Waals surface area (Å²) in [6, 6.07) is 19.8. The molecular weight excluding hydrogens is 526 g/mol. The molecule has 214 valence electrons. The van der Waals surface area contributed by atoms with E-state index in [0.717, 1.165) is 21.0 Å². The average Bonchev–Trinajstić information content (AvgIpc) is 2.94. The number of hydrogen-bond donors (Lipinski definition) is 1. The number of anilines is 1. The molecule has 0 saturated heterocycles. The molecule has 3 aromatic carbocycles. The van der Waals surface area contributed by atoms with E-state index in [0.29, 0.717) is 18.0 Å². The summed E-state index contributed by atoms with van der Waals surface area (Å²) < 4.78 is 34.1. The molecule has 8 nitrogen and oxygen atoms in total. The number of methoxy groups -OCH3 is 1. The number of benzene rings is 3. The minimum atomic E-state index is -4.14. The number of ether oxygens (including phenoxy) is 1. The Bertz CT molecular complexity index is 1400. The lowest BCUT2D eigenvalue weighted by molar-refractivity contribution is -0.139. The second-order valence-electron chi connectivity index (χ2n) is 10.3. The molecule has 0 fully saturated rings. The Kier molecular flexibility index (Phi) is 10.3. The average molecular weight is 566 g/mol. The van der Waals surface area contributed by atoms with E-state index in [1.54, 1.807) is 43.3 Å². The third kappa shape index (κ3) is 7.63. The third-order valence-corrected chi connectivity index (χ3v) is 8.49. The second-order valence-corrected chi connectivity index (χ2v) is 12.1. The number of rotatable bonds is 12. The van der Waals surface area contributed by atoms with Crippen LogP contribution in [0.1, 0.15) is 37.5 Å². The highest BCUT2D eigenvalue weighted by molar-refractivity contribution is 7.92. The molecule has 0 spiro atoms. The topological polar surface area (TPSA) is 96.0 Å². The zero-order valence-electron chi connectivity index (χ0n) is 24.0. The van der Waals surface area contributed by atoms with Crippen LogP contribution in [-0.4, -0.2) is 51.4 Å². The summed E-state index contributed by atoms with van der Waals surface area (Å²) in [6.07, 6.45) is 0. The van der Waals surface area contributed by atoms with Crippen LogP contribution in [0.25, 0.3) is 0 Å². The summed E-state index contributed by atoms with van der Waals surface area (Å²) >= 11 is 0. The van der Waals surface area contributed by atoms with E-state index >= 15 is 0 Å². The van der Waals surface area contributed by atoms with Crippen molar-refractivity contribution < 1.29 is 22.7 Å². The molecule has 0 saturated carbocycles. The van der Waals surface area contributed by atoms with Gasteiger partial charge in [0, 0.05) is 13.1 Å². The number of carbonyl (C=O) groups is 2. The zero-order valence-corrected chi connectivity index (χ0v) is 24.9. The summed E-state index contributed by atoms with van der Waals surface area (Å²) in [7, 11) is -2.64. The molecule has 9 heteroatoms. The highest BCUT2D eigenvalue weighted by Gasteiger charge is 2.32. The molecule has 0 aliphatic heterocycles. The molecule has 3 aromatic rings. The van der Waals surface area contributed by atoms with Gasteiger partial charge in [0.2, 0.25) is 11.8 Å². The highest BCUT2D eigenvalue weighted by Crippen LogP contribution is 2.26. The molecule has 1 unspecified atom stereocenters. The van der Waals surface area contributed by atoms with Gasteiger partial charge in [0.25, 0.3) is 10.0 Å². The Balaban J connectivity index is 2.02. The van der Waals surface area contributed by atoms with Crippen LogP contribution >= 0.6 is 0 Å². The lowest BCUT2D eigenvalue weighted by Gasteiger charge is -2.32. The van der Waals surface area contributed by atoms with Crippen molar-refractivity contribution in [1.82, 2.24) is 10.2 Å². The monoisotopic (exact) mass is 565 g/mol. The molecular formula is C31H39N3O5S. The van der Waals surface area contributed by atoms with Crippen molar-refractivity contribution in [2.24, 2.45) is 5.92 Å². The molecule has 1 atom stereocenters. The van der Waals surface area contributed by atoms with Crippen molar-refractivity contribution in [3.05, 3.63) is 89.5 Å². The Morgan fingerprint density at radius 2 is 1.52 bits per heavy atom. The second kappa shape index (κ2) is 13.5. The molecule has 0 aliphatic rings. The van der Waals surface area contributed by atoms with E-state index < -0.39 is 28.5 Å². The standard InChI is InChI=1S/C31H39N3O5S/c1-22(2)19-32-31(36)25(5)33(20-26-10-8-7-9-24(26)4)30(35)21-34(27-13-11-23(3)12-14-27)40(37,38)29-17-15-28(39-6)16-18-29/h7-18,22,25H,19-21H2,1-6H3,(H,32,36). The molecule has 0 bridgehead atoms. The number of amides is 2. The predicted molar refractivity (Wildman–Crippen MR) is 158 cm³/mol. The van der Waals surface area contributed by atoms with Gasteiger partial charge in [0.15, 0.2) is 0 Å². The summed E-state index contributed by atoms with van der Waals surface area (Å²) in [5, 5.41) is 2.90. The molecule has 0 heterocycles. The summed E-state index contributed by atoms with van der Waals surface area (Å²) in [5.74, 6) is -0.0328. The molecule has 0 aromatic heterocycles. The normalized spacial score (nSPS) is 12.1. The Morgan fingerprint density at radius 3 is 2.10 bits per heavy atom. The fourth-order valence-electron chi connectivity index (χ4n) is 4.12. The van der Waals surface area contributed by atoms with Gasteiger partial charge in [-0.15, -0.1) is 0 Å². The van der Waals surface area contributed by atoms with Gasteiger partial charge in [-0.05, 0) is 74.2 Å². The number of hydrogen-bond acceptors (Lipinski definition) is 5. The first kappa shape index (κ1) is 30.7. The first-order valence-electron chi connectivity index (χ1n) is 13.3. The van der Waals surface area contributed by atoms with Crippen molar-refractivity contribution in [1.29, 1.82) is 0 Å². The van der Waals surface area contributed by atoms with E-state index in [-0.39, 0.29) is 23.3 Å². The lowest BCUT2D eigenvalue weighted by Crippen LogP contribution is -2.51. The van der Waals surface area contributed by atoms with E-state index in [1.807, 2.05) is 52.0 Å². The number of carbonyl (C=O) groups excluding carboxylic acids is 2. The third-order valence-electron chi connectivity index (χ3n) is 6.70. The highest BCUT2D eigenvalue weighted by atomic mass is 32.2. The van der Waals surface area contributed by atoms with Gasteiger partial charge in [0.05, 0.1) is 17.7 Å². The largest absolute Gasteiger partial charge is 0.497 e. The van der Waals surface area contributed by atoms with Gasteiger partial charge in [-0.2, -0.15) is 0 Å². The summed E-state index contributed by atoms with van der Waals surface area (Å²) in [6.45, 7) is 9.64. The lowest BCUT2D eigenvalue weighted by atomic mass is 10.1. The van der Waals surface area contributed by atoms with Crippen LogP contribution in [-0.2, 0) is 26.2 Å². The van der Waals surface area contributed by atoms with Gasteiger partial charge in [-0.25, -0.2) is 8.42 Å². The first-order valence-corrected chi connectivity index (χ1v) is 14.7. The van der Waals surface area contributed by atoms with Crippen LogP contribution in [0.15, 0.2) is 77.7 Å². The molecule has 2 amide bonds. The van der Waals surface area contributed by atoms with Crippen LogP contribution in [0.5, 0.6) is 5.75 Å². The summed E-state index contributed by atoms with van der Waals surface area (Å²) in [4.78, 5) is 28.6. The van der Waals surface area contributed by atoms with E-state index in [1.165, 1.54) is 24.1 Å². The number of aryl methyl sites for hydroxylation is 2. The fourth-order valence-corrected chi connectivity index (χ4v) is 5.53. The van der Waals surface area contributed by atoms with Gasteiger partial charge in [0.1, 0.15) is 18.3 Å². The van der Waals surface area contributed by atoms with E-state index in [9.17, 15) is 18.0 Å². The maximum atomic E-state index is 14.0. The quantitative estimate of drug-likeness (QED) is 0.344. The van der Waals surface area contributed by atoms with Crippen LogP contribution in [0.3, 0.4) is 0 Å². The van der Waals surface area contributed by atoms with Crippen molar-refractivity contribution >= 4 is 27.5 Å². The van der Waals surface area contributed by atoms with Crippen LogP contribution in [0.2, 0.25) is 0 Å². The van der Waals surface area contributed by atoms with Crippen molar-refractivity contribution in [3.63, 3.8) is 0 Å². The maximum Gasteiger partial charge on any atom is 0.264 e. The SMILES string of the molecule is COc1ccc(S(=O)(=O)N(CC(=O)N(Cc2ccccc2C)C(C)C(=O)NCC(C)C)c2ccc(C)cc2)cc1. The molecule has 3 rings (SSSR count). The summed E-state index contributed by atoms with van der Waals surface area (Å²) in [5.41, 5.74) is 3.15. The molecule has 0 aliphatic carbocycles. The van der Waals surface area contributed by atoms with Gasteiger partial charge >= 0.3 is 0 Å². The molecule has 1 N–H and O–H groups in total. The molecule has 40 heavy (non-hydrogen) atoms. The zero-order chi connectivity index (χ0) is 29.4. The van der Waals surface area contributed by atoms with Crippen LogP contribution < -0.4 is 14.4 Å². The van der Waals surface area contributed by atoms with E-state index in [2.05, 4.69) is 5.32 Å². The predicted octanol–water partition coefficient (Wildman–Crippen LogP) is 4.70. The Hall–Kier alpha value is -3.85. The minimum absolute atomic E-state index is 0.0230. The van der Waals surface area contributed by atoms with Gasteiger partial charge in [-0.1, -0.05) is 55.8 Å². The fraction of sp³-hybridized carbons (Fsp3) is 0.355. The minimum Gasteiger partial charge on any atom is -0.497 e. The Labute approximate surface area is 238 Å². The number of nitrogens with one attached hydrogen (secondary N) is 1.